The van der Waals surface area contributed by atoms with Gasteiger partial charge in [-0.2, -0.15) is 5.26 Å². The highest BCUT2D eigenvalue weighted by atomic mass is 16.3. The SMILES string of the molecule is N#CCNC(=O)C(=O)NCCCCCO. The Kier molecular flexibility index (Phi) is 8.00. The predicted octanol–water partition coefficient (Wildman–Crippen LogP) is -1.10. The van der Waals surface area contributed by atoms with Crippen LogP contribution in [0.4, 0.5) is 0 Å². The zero-order valence-electron chi connectivity index (χ0n) is 8.45. The fraction of sp³-hybridized carbons (Fsp3) is 0.667. The smallest absolute Gasteiger partial charge is 0.310 e. The van der Waals surface area contributed by atoms with E-state index in [1.807, 2.05) is 0 Å². The third-order valence-corrected chi connectivity index (χ3v) is 1.65. The maximum Gasteiger partial charge on any atom is 0.310 e. The molecular formula is C9H15N3O3. The van der Waals surface area contributed by atoms with Crippen molar-refractivity contribution < 1.29 is 14.7 Å². The van der Waals surface area contributed by atoms with Gasteiger partial charge in [0, 0.05) is 13.2 Å². The van der Waals surface area contributed by atoms with E-state index in [1.165, 1.54) is 0 Å². The number of rotatable bonds is 6. The molecule has 0 atom stereocenters. The van der Waals surface area contributed by atoms with Crippen molar-refractivity contribution >= 4 is 11.8 Å². The first kappa shape index (κ1) is 13.4. The molecule has 0 spiro atoms. The highest BCUT2D eigenvalue weighted by Gasteiger charge is 2.10. The van der Waals surface area contributed by atoms with Gasteiger partial charge in [0.1, 0.15) is 6.54 Å². The minimum atomic E-state index is -0.793. The zero-order valence-corrected chi connectivity index (χ0v) is 8.45. The molecule has 0 radical (unpaired) electrons. The number of carbonyl (C=O) groups is 2. The van der Waals surface area contributed by atoms with E-state index in [2.05, 4.69) is 10.6 Å². The molecule has 0 saturated heterocycles. The number of amides is 2. The van der Waals surface area contributed by atoms with E-state index >= 15 is 0 Å². The summed E-state index contributed by atoms with van der Waals surface area (Å²) in [5.41, 5.74) is 0. The van der Waals surface area contributed by atoms with Crippen molar-refractivity contribution in [1.29, 1.82) is 5.26 Å². The van der Waals surface area contributed by atoms with Gasteiger partial charge in [-0.3, -0.25) is 9.59 Å². The monoisotopic (exact) mass is 213 g/mol. The minimum Gasteiger partial charge on any atom is -0.396 e. The Bertz CT molecular complexity index is 247. The molecule has 0 aromatic carbocycles. The summed E-state index contributed by atoms with van der Waals surface area (Å²) >= 11 is 0. The van der Waals surface area contributed by atoms with Crippen molar-refractivity contribution in [2.75, 3.05) is 19.7 Å². The lowest BCUT2D eigenvalue weighted by atomic mass is 10.2. The molecule has 0 aliphatic heterocycles. The molecule has 3 N–H and O–H groups in total. The molecule has 0 saturated carbocycles. The van der Waals surface area contributed by atoms with E-state index in [9.17, 15) is 9.59 Å². The van der Waals surface area contributed by atoms with Gasteiger partial charge in [0.2, 0.25) is 0 Å². The summed E-state index contributed by atoms with van der Waals surface area (Å²) in [4.78, 5) is 21.9. The Labute approximate surface area is 88.3 Å². The van der Waals surface area contributed by atoms with Gasteiger partial charge in [0.05, 0.1) is 6.07 Å². The number of hydrogen-bond donors (Lipinski definition) is 3. The Morgan fingerprint density at radius 1 is 1.13 bits per heavy atom. The summed E-state index contributed by atoms with van der Waals surface area (Å²) < 4.78 is 0. The van der Waals surface area contributed by atoms with Crippen molar-refractivity contribution in [3.8, 4) is 6.07 Å². The van der Waals surface area contributed by atoms with Crippen LogP contribution in [-0.4, -0.2) is 36.6 Å². The second-order valence-corrected chi connectivity index (χ2v) is 2.88. The molecular weight excluding hydrogens is 198 g/mol. The van der Waals surface area contributed by atoms with E-state index in [4.69, 9.17) is 10.4 Å². The van der Waals surface area contributed by atoms with Gasteiger partial charge in [-0.1, -0.05) is 0 Å². The number of hydrogen-bond acceptors (Lipinski definition) is 4. The average molecular weight is 213 g/mol. The van der Waals surface area contributed by atoms with Gasteiger partial charge in [0.15, 0.2) is 0 Å². The number of aliphatic hydroxyl groups is 1. The molecule has 84 valence electrons. The zero-order chi connectivity index (χ0) is 11.5. The number of aliphatic hydroxyl groups excluding tert-OH is 1. The normalized spacial score (nSPS) is 9.07. The second kappa shape index (κ2) is 8.97. The van der Waals surface area contributed by atoms with E-state index in [0.29, 0.717) is 13.0 Å². The minimum absolute atomic E-state index is 0.136. The van der Waals surface area contributed by atoms with Crippen LogP contribution < -0.4 is 10.6 Å². The van der Waals surface area contributed by atoms with Crippen LogP contribution in [-0.2, 0) is 9.59 Å². The summed E-state index contributed by atoms with van der Waals surface area (Å²) in [6.45, 7) is 0.367. The van der Waals surface area contributed by atoms with Crippen LogP contribution >= 0.6 is 0 Å². The third kappa shape index (κ3) is 7.46. The first-order valence-electron chi connectivity index (χ1n) is 4.76. The Balaban J connectivity index is 3.48. The first-order chi connectivity index (χ1) is 7.22. The van der Waals surface area contributed by atoms with Crippen LogP contribution in [0.3, 0.4) is 0 Å². The number of unbranched alkanes of at least 4 members (excludes halogenated alkanes) is 2. The third-order valence-electron chi connectivity index (χ3n) is 1.65. The summed E-state index contributed by atoms with van der Waals surface area (Å²) in [5.74, 6) is -1.52. The summed E-state index contributed by atoms with van der Waals surface area (Å²) in [5, 5.41) is 21.2. The van der Waals surface area contributed by atoms with E-state index in [-0.39, 0.29) is 13.2 Å². The van der Waals surface area contributed by atoms with Crippen LogP contribution in [0, 0.1) is 11.3 Å². The topological polar surface area (TPSA) is 102 Å². The predicted molar refractivity (Wildman–Crippen MR) is 52.6 cm³/mol. The van der Waals surface area contributed by atoms with Crippen LogP contribution in [0.15, 0.2) is 0 Å². The molecule has 0 fully saturated rings. The fourth-order valence-corrected chi connectivity index (χ4v) is 0.896. The van der Waals surface area contributed by atoms with Crippen LogP contribution in [0.5, 0.6) is 0 Å². The molecule has 6 heteroatoms. The molecule has 0 heterocycles. The van der Waals surface area contributed by atoms with Crippen LogP contribution in [0.1, 0.15) is 19.3 Å². The fourth-order valence-electron chi connectivity index (χ4n) is 0.896. The van der Waals surface area contributed by atoms with Crippen LogP contribution in [0.25, 0.3) is 0 Å². The van der Waals surface area contributed by atoms with Crippen molar-refractivity contribution in [1.82, 2.24) is 10.6 Å². The maximum absolute atomic E-state index is 11.0. The lowest BCUT2D eigenvalue weighted by molar-refractivity contribution is -0.139. The van der Waals surface area contributed by atoms with E-state index < -0.39 is 11.8 Å². The molecule has 0 aliphatic carbocycles. The average Bonchev–Trinajstić information content (AvgIpc) is 2.25. The number of nitrogens with one attached hydrogen (secondary N) is 2. The molecule has 0 bridgehead atoms. The van der Waals surface area contributed by atoms with E-state index in [1.54, 1.807) is 6.07 Å². The Morgan fingerprint density at radius 3 is 2.40 bits per heavy atom. The molecule has 0 aromatic rings. The van der Waals surface area contributed by atoms with Crippen molar-refractivity contribution in [2.24, 2.45) is 0 Å². The molecule has 2 amide bonds. The quantitative estimate of drug-likeness (QED) is 0.296. The number of nitrogens with zero attached hydrogens (tertiary/aromatic N) is 1. The Hall–Kier alpha value is -1.61. The lowest BCUT2D eigenvalue weighted by Crippen LogP contribution is -2.40. The maximum atomic E-state index is 11.0. The first-order valence-corrected chi connectivity index (χ1v) is 4.76. The second-order valence-electron chi connectivity index (χ2n) is 2.88. The van der Waals surface area contributed by atoms with Gasteiger partial charge in [-0.05, 0) is 19.3 Å². The summed E-state index contributed by atoms with van der Waals surface area (Å²) in [6, 6.07) is 1.70. The van der Waals surface area contributed by atoms with Gasteiger partial charge in [0.25, 0.3) is 0 Å². The van der Waals surface area contributed by atoms with Gasteiger partial charge in [-0.15, -0.1) is 0 Å². The van der Waals surface area contributed by atoms with Crippen LogP contribution in [0.2, 0.25) is 0 Å². The molecule has 6 nitrogen and oxygen atoms in total. The molecule has 0 aromatic heterocycles. The standard InChI is InChI=1S/C9H15N3O3/c10-4-6-12-9(15)8(14)11-5-2-1-3-7-13/h13H,1-3,5-7H2,(H,11,14)(H,12,15). The van der Waals surface area contributed by atoms with Gasteiger partial charge in [-0.25, -0.2) is 0 Å². The number of carbonyl (C=O) groups excluding carboxylic acids is 2. The number of nitriles is 1. The van der Waals surface area contributed by atoms with Gasteiger partial charge < -0.3 is 15.7 Å². The van der Waals surface area contributed by atoms with Crippen molar-refractivity contribution in [3.63, 3.8) is 0 Å². The highest BCUT2D eigenvalue weighted by molar-refractivity contribution is 6.35. The lowest BCUT2D eigenvalue weighted by Gasteiger charge is -2.03. The summed E-state index contributed by atoms with van der Waals surface area (Å²) in [6.07, 6.45) is 2.21. The van der Waals surface area contributed by atoms with Gasteiger partial charge >= 0.3 is 11.8 Å². The molecule has 0 aliphatic rings. The van der Waals surface area contributed by atoms with Crippen molar-refractivity contribution in [2.45, 2.75) is 19.3 Å². The largest absolute Gasteiger partial charge is 0.396 e. The summed E-state index contributed by atoms with van der Waals surface area (Å²) in [7, 11) is 0. The molecule has 15 heavy (non-hydrogen) atoms. The van der Waals surface area contributed by atoms with Crippen molar-refractivity contribution in [3.05, 3.63) is 0 Å². The molecule has 0 rings (SSSR count). The van der Waals surface area contributed by atoms with E-state index in [0.717, 1.165) is 12.8 Å². The molecule has 0 unspecified atom stereocenters. The Morgan fingerprint density at radius 2 is 1.80 bits per heavy atom. The highest BCUT2D eigenvalue weighted by Crippen LogP contribution is 1.91.